The van der Waals surface area contributed by atoms with Crippen molar-refractivity contribution in [2.45, 2.75) is 38.7 Å². The number of ether oxygens (including phenoxy) is 1. The van der Waals surface area contributed by atoms with E-state index in [-0.39, 0.29) is 5.91 Å². The van der Waals surface area contributed by atoms with Crippen LogP contribution in [0.25, 0.3) is 0 Å². The maximum absolute atomic E-state index is 12.2. The number of hydrazine groups is 1. The van der Waals surface area contributed by atoms with Crippen molar-refractivity contribution in [3.63, 3.8) is 0 Å². The Morgan fingerprint density at radius 2 is 2.00 bits per heavy atom. The van der Waals surface area contributed by atoms with E-state index < -0.39 is 12.0 Å². The molecule has 7 heteroatoms. The van der Waals surface area contributed by atoms with Gasteiger partial charge in [-0.15, -0.1) is 11.3 Å². The van der Waals surface area contributed by atoms with E-state index in [0.29, 0.717) is 10.6 Å². The van der Waals surface area contributed by atoms with Crippen LogP contribution in [0, 0.1) is 0 Å². The molecule has 0 fully saturated rings. The van der Waals surface area contributed by atoms with Gasteiger partial charge in [0.05, 0.1) is 4.88 Å². The van der Waals surface area contributed by atoms with Crippen molar-refractivity contribution in [1.29, 1.82) is 0 Å². The number of thiophene rings is 1. The molecule has 0 saturated heterocycles. The molecule has 2 N–H and O–H groups in total. The van der Waals surface area contributed by atoms with Crippen LogP contribution in [0.4, 0.5) is 0 Å². The molecule has 0 bridgehead atoms. The maximum Gasteiger partial charge on any atom is 0.279 e. The molecule has 1 aromatic heterocycles. The largest absolute Gasteiger partial charge is 0.481 e. The summed E-state index contributed by atoms with van der Waals surface area (Å²) in [7, 11) is 0. The van der Waals surface area contributed by atoms with Gasteiger partial charge < -0.3 is 4.74 Å². The third kappa shape index (κ3) is 4.61. The van der Waals surface area contributed by atoms with Crippen LogP contribution >= 0.6 is 27.3 Å². The summed E-state index contributed by atoms with van der Waals surface area (Å²) in [6, 6.07) is 9.17. The minimum atomic E-state index is -0.730. The molecule has 0 aliphatic heterocycles. The number of amides is 2. The molecule has 1 aliphatic rings. The smallest absolute Gasteiger partial charge is 0.279 e. The highest BCUT2D eigenvalue weighted by molar-refractivity contribution is 9.10. The van der Waals surface area contributed by atoms with Gasteiger partial charge >= 0.3 is 0 Å². The standard InChI is InChI=1S/C18H19BrN2O3S/c1-11(24-14-7-4-6-13(19)10-14)17(22)20-21-18(23)16-9-12-5-2-3-8-15(12)25-16/h4,6-7,9-11H,2-3,5,8H2,1H3,(H,20,22)(H,21,23). The summed E-state index contributed by atoms with van der Waals surface area (Å²) in [6.07, 6.45) is 3.69. The number of fused-ring (bicyclic) bond motifs is 1. The molecule has 2 amide bonds. The van der Waals surface area contributed by atoms with E-state index in [1.54, 1.807) is 19.1 Å². The molecule has 1 heterocycles. The summed E-state index contributed by atoms with van der Waals surface area (Å²) >= 11 is 4.86. The van der Waals surface area contributed by atoms with Crippen molar-refractivity contribution in [3.8, 4) is 5.75 Å². The van der Waals surface area contributed by atoms with E-state index in [2.05, 4.69) is 26.8 Å². The highest BCUT2D eigenvalue weighted by Crippen LogP contribution is 2.29. The number of benzene rings is 1. The molecule has 5 nitrogen and oxygen atoms in total. The first-order valence-electron chi connectivity index (χ1n) is 8.17. The lowest BCUT2D eigenvalue weighted by atomic mass is 9.99. The van der Waals surface area contributed by atoms with Gasteiger partial charge in [-0.25, -0.2) is 0 Å². The lowest BCUT2D eigenvalue weighted by Gasteiger charge is -2.15. The van der Waals surface area contributed by atoms with Crippen molar-refractivity contribution >= 4 is 39.1 Å². The molecule has 0 spiro atoms. The first kappa shape index (κ1) is 17.9. The molecule has 25 heavy (non-hydrogen) atoms. The lowest BCUT2D eigenvalue weighted by Crippen LogP contribution is -2.47. The van der Waals surface area contributed by atoms with Gasteiger partial charge in [-0.05, 0) is 62.4 Å². The maximum atomic E-state index is 12.2. The zero-order valence-corrected chi connectivity index (χ0v) is 16.2. The van der Waals surface area contributed by atoms with Gasteiger partial charge in [-0.2, -0.15) is 0 Å². The first-order valence-corrected chi connectivity index (χ1v) is 9.78. The predicted octanol–water partition coefficient (Wildman–Crippen LogP) is 3.62. The Morgan fingerprint density at radius 1 is 1.20 bits per heavy atom. The number of carbonyl (C=O) groups is 2. The number of hydrogen-bond donors (Lipinski definition) is 2. The van der Waals surface area contributed by atoms with E-state index in [4.69, 9.17) is 4.74 Å². The number of rotatable bonds is 4. The van der Waals surface area contributed by atoms with E-state index in [1.807, 2.05) is 18.2 Å². The molecule has 1 atom stereocenters. The topological polar surface area (TPSA) is 67.4 Å². The Balaban J connectivity index is 1.52. The van der Waals surface area contributed by atoms with Gasteiger partial charge in [-0.1, -0.05) is 22.0 Å². The Hall–Kier alpha value is -1.86. The fourth-order valence-electron chi connectivity index (χ4n) is 2.68. The normalized spacial score (nSPS) is 14.3. The monoisotopic (exact) mass is 422 g/mol. The minimum absolute atomic E-state index is 0.289. The van der Waals surface area contributed by atoms with Crippen molar-refractivity contribution in [3.05, 3.63) is 50.1 Å². The summed E-state index contributed by atoms with van der Waals surface area (Å²) in [5, 5.41) is 0. The van der Waals surface area contributed by atoms with Crippen LogP contribution in [0.1, 0.15) is 39.9 Å². The zero-order valence-electron chi connectivity index (χ0n) is 13.8. The summed E-state index contributed by atoms with van der Waals surface area (Å²) in [5.74, 6) is -0.119. The van der Waals surface area contributed by atoms with Gasteiger partial charge in [0, 0.05) is 9.35 Å². The van der Waals surface area contributed by atoms with E-state index >= 15 is 0 Å². The number of hydrogen-bond acceptors (Lipinski definition) is 4. The van der Waals surface area contributed by atoms with Crippen molar-refractivity contribution in [1.82, 2.24) is 10.9 Å². The fraction of sp³-hybridized carbons (Fsp3) is 0.333. The number of carbonyl (C=O) groups excluding carboxylic acids is 2. The summed E-state index contributed by atoms with van der Waals surface area (Å²) in [5.41, 5.74) is 6.16. The lowest BCUT2D eigenvalue weighted by molar-refractivity contribution is -0.128. The average molecular weight is 423 g/mol. The van der Waals surface area contributed by atoms with Crippen LogP contribution in [0.2, 0.25) is 0 Å². The van der Waals surface area contributed by atoms with Crippen molar-refractivity contribution in [2.24, 2.45) is 0 Å². The van der Waals surface area contributed by atoms with Gasteiger partial charge in [0.15, 0.2) is 6.10 Å². The van der Waals surface area contributed by atoms with Crippen LogP contribution in [-0.4, -0.2) is 17.9 Å². The highest BCUT2D eigenvalue weighted by Gasteiger charge is 2.19. The molecule has 1 unspecified atom stereocenters. The fourth-order valence-corrected chi connectivity index (χ4v) is 4.21. The second kappa shape index (κ2) is 8.01. The quantitative estimate of drug-likeness (QED) is 0.739. The molecule has 3 rings (SSSR count). The molecule has 0 radical (unpaired) electrons. The van der Waals surface area contributed by atoms with Gasteiger partial charge in [0.25, 0.3) is 11.8 Å². The number of nitrogens with one attached hydrogen (secondary N) is 2. The van der Waals surface area contributed by atoms with Gasteiger partial charge in [0.2, 0.25) is 0 Å². The van der Waals surface area contributed by atoms with Crippen molar-refractivity contribution in [2.75, 3.05) is 0 Å². The Bertz CT molecular complexity index is 767. The Kier molecular flexibility index (Phi) is 5.75. The molecule has 1 aromatic carbocycles. The zero-order chi connectivity index (χ0) is 17.8. The van der Waals surface area contributed by atoms with Crippen LogP contribution in [0.15, 0.2) is 34.8 Å². The average Bonchev–Trinajstić information content (AvgIpc) is 3.03. The summed E-state index contributed by atoms with van der Waals surface area (Å²) < 4.78 is 6.44. The van der Waals surface area contributed by atoms with Crippen LogP contribution in [0.3, 0.4) is 0 Å². The van der Waals surface area contributed by atoms with Crippen LogP contribution < -0.4 is 15.6 Å². The SMILES string of the molecule is CC(Oc1cccc(Br)c1)C(=O)NNC(=O)c1cc2c(s1)CCCC2. The second-order valence-corrected chi connectivity index (χ2v) is 7.98. The molecule has 1 aliphatic carbocycles. The predicted molar refractivity (Wildman–Crippen MR) is 101 cm³/mol. The summed E-state index contributed by atoms with van der Waals surface area (Å²) in [4.78, 5) is 26.3. The van der Waals surface area contributed by atoms with E-state index in [9.17, 15) is 9.59 Å². The van der Waals surface area contributed by atoms with E-state index in [1.165, 1.54) is 34.6 Å². The Morgan fingerprint density at radius 3 is 2.76 bits per heavy atom. The van der Waals surface area contributed by atoms with Gasteiger partial charge in [0.1, 0.15) is 5.75 Å². The van der Waals surface area contributed by atoms with Crippen LogP contribution in [0.5, 0.6) is 5.75 Å². The summed E-state index contributed by atoms with van der Waals surface area (Å²) in [6.45, 7) is 1.63. The third-order valence-corrected chi connectivity index (χ3v) is 5.73. The first-order chi connectivity index (χ1) is 12.0. The van der Waals surface area contributed by atoms with Gasteiger partial charge in [-0.3, -0.25) is 20.4 Å². The number of halogens is 1. The molecule has 0 saturated carbocycles. The molecular weight excluding hydrogens is 404 g/mol. The number of aryl methyl sites for hydroxylation is 2. The Labute approximate surface area is 158 Å². The third-order valence-electron chi connectivity index (χ3n) is 4.00. The minimum Gasteiger partial charge on any atom is -0.481 e. The molecule has 132 valence electrons. The highest BCUT2D eigenvalue weighted by atomic mass is 79.9. The molecular formula is C18H19BrN2O3S. The van der Waals surface area contributed by atoms with Crippen molar-refractivity contribution < 1.29 is 14.3 Å². The van der Waals surface area contributed by atoms with Crippen LogP contribution in [-0.2, 0) is 17.6 Å². The van der Waals surface area contributed by atoms with E-state index in [0.717, 1.165) is 17.3 Å². The second-order valence-electron chi connectivity index (χ2n) is 5.93. The molecule has 2 aromatic rings.